The van der Waals surface area contributed by atoms with Crippen LogP contribution in [0.2, 0.25) is 5.15 Å². The van der Waals surface area contributed by atoms with Crippen molar-refractivity contribution < 1.29 is 8.78 Å². The van der Waals surface area contributed by atoms with Crippen LogP contribution in [0.15, 0.2) is 18.5 Å². The Morgan fingerprint density at radius 2 is 2.10 bits per heavy atom. The van der Waals surface area contributed by atoms with E-state index in [2.05, 4.69) is 15.3 Å². The maximum absolute atomic E-state index is 13.8. The summed E-state index contributed by atoms with van der Waals surface area (Å²) < 4.78 is 27.1. The standard InChI is InChI=1S/C14H13ClF2N4/c1-18-12-13(15)19-7-20-14(12)21-3-2-10-8(6-21)4-9(16)5-11(10)17/h4-5,7,18H,2-3,6H2,1H3. The maximum Gasteiger partial charge on any atom is 0.157 e. The molecule has 0 saturated heterocycles. The number of halogens is 3. The van der Waals surface area contributed by atoms with Gasteiger partial charge in [0.1, 0.15) is 23.6 Å². The van der Waals surface area contributed by atoms with Gasteiger partial charge in [0.25, 0.3) is 0 Å². The highest BCUT2D eigenvalue weighted by atomic mass is 35.5. The van der Waals surface area contributed by atoms with Gasteiger partial charge >= 0.3 is 0 Å². The van der Waals surface area contributed by atoms with E-state index in [0.29, 0.717) is 47.3 Å². The molecule has 0 spiro atoms. The molecule has 0 atom stereocenters. The van der Waals surface area contributed by atoms with Crippen molar-refractivity contribution in [3.8, 4) is 0 Å². The SMILES string of the molecule is CNc1c(Cl)ncnc1N1CCc2c(F)cc(F)cc2C1. The molecule has 2 heterocycles. The lowest BCUT2D eigenvalue weighted by atomic mass is 9.99. The highest BCUT2D eigenvalue weighted by Crippen LogP contribution is 2.32. The zero-order valence-electron chi connectivity index (χ0n) is 11.3. The van der Waals surface area contributed by atoms with E-state index in [1.165, 1.54) is 12.4 Å². The van der Waals surface area contributed by atoms with Crippen molar-refractivity contribution in [2.75, 3.05) is 23.8 Å². The quantitative estimate of drug-likeness (QED) is 0.866. The Labute approximate surface area is 125 Å². The van der Waals surface area contributed by atoms with Crippen molar-refractivity contribution in [1.29, 1.82) is 0 Å². The van der Waals surface area contributed by atoms with Crippen LogP contribution in [-0.4, -0.2) is 23.6 Å². The first kappa shape index (κ1) is 14.0. The van der Waals surface area contributed by atoms with Gasteiger partial charge in [-0.1, -0.05) is 11.6 Å². The lowest BCUT2D eigenvalue weighted by molar-refractivity contribution is 0.555. The molecule has 0 amide bonds. The third kappa shape index (κ3) is 2.51. The third-order valence-electron chi connectivity index (χ3n) is 3.58. The molecule has 1 aromatic heterocycles. The Morgan fingerprint density at radius 1 is 1.29 bits per heavy atom. The van der Waals surface area contributed by atoms with Crippen molar-refractivity contribution in [3.05, 3.63) is 46.4 Å². The van der Waals surface area contributed by atoms with Crippen LogP contribution in [0, 0.1) is 11.6 Å². The van der Waals surface area contributed by atoms with Crippen LogP contribution in [0.4, 0.5) is 20.3 Å². The first-order valence-electron chi connectivity index (χ1n) is 6.50. The van der Waals surface area contributed by atoms with Gasteiger partial charge in [-0.15, -0.1) is 0 Å². The number of rotatable bonds is 2. The van der Waals surface area contributed by atoms with Gasteiger partial charge in [0.15, 0.2) is 11.0 Å². The molecule has 1 aromatic carbocycles. The summed E-state index contributed by atoms with van der Waals surface area (Å²) in [6.07, 6.45) is 1.87. The maximum atomic E-state index is 13.8. The van der Waals surface area contributed by atoms with Crippen LogP contribution in [0.1, 0.15) is 11.1 Å². The molecular formula is C14H13ClF2N4. The smallest absolute Gasteiger partial charge is 0.157 e. The molecule has 0 unspecified atom stereocenters. The van der Waals surface area contributed by atoms with Crippen LogP contribution in [0.5, 0.6) is 0 Å². The number of fused-ring (bicyclic) bond motifs is 1. The van der Waals surface area contributed by atoms with E-state index in [4.69, 9.17) is 11.6 Å². The van der Waals surface area contributed by atoms with Crippen LogP contribution in [-0.2, 0) is 13.0 Å². The zero-order valence-corrected chi connectivity index (χ0v) is 12.1. The summed E-state index contributed by atoms with van der Waals surface area (Å²) in [4.78, 5) is 10.1. The fourth-order valence-electron chi connectivity index (χ4n) is 2.60. The van der Waals surface area contributed by atoms with E-state index >= 15 is 0 Å². The van der Waals surface area contributed by atoms with Gasteiger partial charge in [0.2, 0.25) is 0 Å². The predicted molar refractivity (Wildman–Crippen MR) is 77.7 cm³/mol. The summed E-state index contributed by atoms with van der Waals surface area (Å²) in [6.45, 7) is 0.962. The van der Waals surface area contributed by atoms with Gasteiger partial charge in [-0.2, -0.15) is 0 Å². The average Bonchev–Trinajstić information content (AvgIpc) is 2.46. The summed E-state index contributed by atoms with van der Waals surface area (Å²) in [7, 11) is 1.73. The van der Waals surface area contributed by atoms with Gasteiger partial charge in [-0.3, -0.25) is 0 Å². The number of nitrogens with zero attached hydrogens (tertiary/aromatic N) is 3. The molecule has 0 aliphatic carbocycles. The molecule has 0 saturated carbocycles. The predicted octanol–water partition coefficient (Wildman–Crippen LogP) is 3.01. The molecule has 0 radical (unpaired) electrons. The van der Waals surface area contributed by atoms with Crippen molar-refractivity contribution in [2.24, 2.45) is 0 Å². The number of hydrogen-bond donors (Lipinski definition) is 1. The monoisotopic (exact) mass is 310 g/mol. The van der Waals surface area contributed by atoms with E-state index in [1.807, 2.05) is 4.90 Å². The Balaban J connectivity index is 1.99. The summed E-state index contributed by atoms with van der Waals surface area (Å²) >= 11 is 6.04. The van der Waals surface area contributed by atoms with Crippen molar-refractivity contribution >= 4 is 23.1 Å². The van der Waals surface area contributed by atoms with Crippen LogP contribution < -0.4 is 10.2 Å². The fraction of sp³-hybridized carbons (Fsp3) is 0.286. The summed E-state index contributed by atoms with van der Waals surface area (Å²) in [6, 6.07) is 2.29. The molecule has 0 bridgehead atoms. The van der Waals surface area contributed by atoms with Crippen molar-refractivity contribution in [1.82, 2.24) is 9.97 Å². The number of aromatic nitrogens is 2. The molecular weight excluding hydrogens is 298 g/mol. The summed E-state index contributed by atoms with van der Waals surface area (Å²) in [5.74, 6) is -0.422. The normalized spacial score (nSPS) is 14.0. The Morgan fingerprint density at radius 3 is 2.86 bits per heavy atom. The molecule has 2 aromatic rings. The van der Waals surface area contributed by atoms with Gasteiger partial charge in [0, 0.05) is 26.2 Å². The number of hydrogen-bond acceptors (Lipinski definition) is 4. The summed E-state index contributed by atoms with van der Waals surface area (Å²) in [5.41, 5.74) is 1.81. The number of benzene rings is 1. The van der Waals surface area contributed by atoms with Gasteiger partial charge in [-0.05, 0) is 23.6 Å². The second-order valence-corrected chi connectivity index (χ2v) is 5.17. The lowest BCUT2D eigenvalue weighted by Crippen LogP contribution is -2.32. The number of anilines is 2. The molecule has 1 aliphatic rings. The van der Waals surface area contributed by atoms with Gasteiger partial charge in [0.05, 0.1) is 0 Å². The largest absolute Gasteiger partial charge is 0.383 e. The van der Waals surface area contributed by atoms with Gasteiger partial charge in [-0.25, -0.2) is 18.7 Å². The van der Waals surface area contributed by atoms with Gasteiger partial charge < -0.3 is 10.2 Å². The van der Waals surface area contributed by atoms with E-state index < -0.39 is 11.6 Å². The summed E-state index contributed by atoms with van der Waals surface area (Å²) in [5, 5.41) is 3.28. The molecule has 4 nitrogen and oxygen atoms in total. The van der Waals surface area contributed by atoms with Crippen LogP contribution in [0.3, 0.4) is 0 Å². The van der Waals surface area contributed by atoms with Crippen LogP contribution >= 0.6 is 11.6 Å². The first-order valence-corrected chi connectivity index (χ1v) is 6.88. The van der Waals surface area contributed by atoms with E-state index in [1.54, 1.807) is 7.05 Å². The van der Waals surface area contributed by atoms with E-state index in [-0.39, 0.29) is 0 Å². The molecule has 21 heavy (non-hydrogen) atoms. The Bertz CT molecular complexity index is 693. The van der Waals surface area contributed by atoms with E-state index in [0.717, 1.165) is 6.07 Å². The zero-order chi connectivity index (χ0) is 15.0. The minimum atomic E-state index is -0.567. The Kier molecular flexibility index (Phi) is 3.63. The first-order chi connectivity index (χ1) is 10.1. The molecule has 1 aliphatic heterocycles. The molecule has 110 valence electrons. The minimum Gasteiger partial charge on any atom is -0.383 e. The molecule has 1 N–H and O–H groups in total. The average molecular weight is 311 g/mol. The topological polar surface area (TPSA) is 41.1 Å². The third-order valence-corrected chi connectivity index (χ3v) is 3.86. The second kappa shape index (κ2) is 5.44. The molecule has 7 heteroatoms. The lowest BCUT2D eigenvalue weighted by Gasteiger charge is -2.31. The fourth-order valence-corrected chi connectivity index (χ4v) is 2.82. The molecule has 3 rings (SSSR count). The minimum absolute atomic E-state index is 0.318. The highest BCUT2D eigenvalue weighted by molar-refractivity contribution is 6.32. The number of nitrogens with one attached hydrogen (secondary N) is 1. The van der Waals surface area contributed by atoms with Crippen LogP contribution in [0.25, 0.3) is 0 Å². The molecule has 0 fully saturated rings. The highest BCUT2D eigenvalue weighted by Gasteiger charge is 2.23. The van der Waals surface area contributed by atoms with E-state index in [9.17, 15) is 8.78 Å². The second-order valence-electron chi connectivity index (χ2n) is 4.81. The van der Waals surface area contributed by atoms with Crippen molar-refractivity contribution in [2.45, 2.75) is 13.0 Å². The van der Waals surface area contributed by atoms with Crippen molar-refractivity contribution in [3.63, 3.8) is 0 Å². The Hall–Kier alpha value is -1.95.